The molecule has 0 aromatic heterocycles. The van der Waals surface area contributed by atoms with Gasteiger partial charge in [-0.15, -0.1) is 0 Å². The number of carbonyl (C=O) groups is 1. The topological polar surface area (TPSA) is 52.3 Å². The number of rotatable bonds is 5. The van der Waals surface area contributed by atoms with Crippen LogP contribution < -0.4 is 5.73 Å². The molecule has 1 aromatic rings. The summed E-state index contributed by atoms with van der Waals surface area (Å²) < 4.78 is 5.12. The number of nitrogens with two attached hydrogens (primary N) is 1. The number of ether oxygens (including phenoxy) is 1. The molecule has 1 aromatic carbocycles. The van der Waals surface area contributed by atoms with Gasteiger partial charge in [0.15, 0.2) is 0 Å². The predicted octanol–water partition coefficient (Wildman–Crippen LogP) is 2.76. The van der Waals surface area contributed by atoms with Gasteiger partial charge in [0.1, 0.15) is 12.6 Å². The van der Waals surface area contributed by atoms with Crippen LogP contribution in [0.2, 0.25) is 5.02 Å². The van der Waals surface area contributed by atoms with Gasteiger partial charge in [-0.1, -0.05) is 37.6 Å². The van der Waals surface area contributed by atoms with Gasteiger partial charge in [-0.2, -0.15) is 0 Å². The summed E-state index contributed by atoms with van der Waals surface area (Å²) in [6, 6.07) is 6.63. The van der Waals surface area contributed by atoms with Crippen LogP contribution in [0, 0.1) is 5.92 Å². The van der Waals surface area contributed by atoms with Crippen LogP contribution in [0.1, 0.15) is 25.8 Å². The molecule has 0 amide bonds. The highest BCUT2D eigenvalue weighted by Crippen LogP contribution is 2.11. The van der Waals surface area contributed by atoms with E-state index in [1.54, 1.807) is 12.1 Å². The monoisotopic (exact) mass is 255 g/mol. The Hall–Kier alpha value is -1.06. The quantitative estimate of drug-likeness (QED) is 0.823. The SMILES string of the molecule is CC(C)CC(N)C(=O)OCc1ccc(Cl)cc1. The van der Waals surface area contributed by atoms with E-state index in [1.165, 1.54) is 0 Å². The van der Waals surface area contributed by atoms with Crippen molar-refractivity contribution in [2.45, 2.75) is 32.9 Å². The number of benzene rings is 1. The number of hydrogen-bond acceptors (Lipinski definition) is 3. The minimum absolute atomic E-state index is 0.238. The molecular weight excluding hydrogens is 238 g/mol. The van der Waals surface area contributed by atoms with E-state index in [9.17, 15) is 4.79 Å². The van der Waals surface area contributed by atoms with E-state index >= 15 is 0 Å². The highest BCUT2D eigenvalue weighted by molar-refractivity contribution is 6.30. The van der Waals surface area contributed by atoms with E-state index < -0.39 is 6.04 Å². The van der Waals surface area contributed by atoms with Gasteiger partial charge in [0, 0.05) is 5.02 Å². The first-order valence-electron chi connectivity index (χ1n) is 5.65. The van der Waals surface area contributed by atoms with Crippen LogP contribution in [0.3, 0.4) is 0 Å². The predicted molar refractivity (Wildman–Crippen MR) is 68.7 cm³/mol. The minimum Gasteiger partial charge on any atom is -0.460 e. The summed E-state index contributed by atoms with van der Waals surface area (Å²) in [5.74, 6) is 0.0294. The second-order valence-electron chi connectivity index (χ2n) is 4.47. The average Bonchev–Trinajstić information content (AvgIpc) is 2.27. The van der Waals surface area contributed by atoms with E-state index in [1.807, 2.05) is 26.0 Å². The fourth-order valence-electron chi connectivity index (χ4n) is 1.45. The van der Waals surface area contributed by atoms with E-state index in [2.05, 4.69) is 0 Å². The van der Waals surface area contributed by atoms with Crippen molar-refractivity contribution in [2.75, 3.05) is 0 Å². The molecule has 2 N–H and O–H groups in total. The van der Waals surface area contributed by atoms with E-state index in [0.717, 1.165) is 5.56 Å². The summed E-state index contributed by atoms with van der Waals surface area (Å²) in [5, 5.41) is 0.664. The molecule has 0 saturated heterocycles. The number of carbonyl (C=O) groups excluding carboxylic acids is 1. The molecule has 4 heteroatoms. The van der Waals surface area contributed by atoms with Gasteiger partial charge >= 0.3 is 5.97 Å². The zero-order valence-corrected chi connectivity index (χ0v) is 10.9. The lowest BCUT2D eigenvalue weighted by Gasteiger charge is -2.13. The average molecular weight is 256 g/mol. The van der Waals surface area contributed by atoms with Crippen LogP contribution in [0.4, 0.5) is 0 Å². The third-order valence-electron chi connectivity index (χ3n) is 2.32. The van der Waals surface area contributed by atoms with Gasteiger partial charge in [0.05, 0.1) is 0 Å². The summed E-state index contributed by atoms with van der Waals surface area (Å²) in [5.41, 5.74) is 6.61. The summed E-state index contributed by atoms with van der Waals surface area (Å²) in [7, 11) is 0. The lowest BCUT2D eigenvalue weighted by atomic mass is 10.1. The Labute approximate surface area is 107 Å². The van der Waals surface area contributed by atoms with Crippen LogP contribution in [0.25, 0.3) is 0 Å². The van der Waals surface area contributed by atoms with Gasteiger partial charge in [0.2, 0.25) is 0 Å². The van der Waals surface area contributed by atoms with E-state index in [-0.39, 0.29) is 12.6 Å². The molecule has 1 atom stereocenters. The summed E-state index contributed by atoms with van der Waals surface area (Å²) in [6.45, 7) is 4.28. The van der Waals surface area contributed by atoms with Crippen molar-refractivity contribution >= 4 is 17.6 Å². The Balaban J connectivity index is 2.40. The molecule has 0 heterocycles. The first-order valence-corrected chi connectivity index (χ1v) is 6.03. The molecular formula is C13H18ClNO2. The Morgan fingerprint density at radius 1 is 1.35 bits per heavy atom. The summed E-state index contributed by atoms with van der Waals surface area (Å²) in [4.78, 5) is 11.5. The van der Waals surface area contributed by atoms with Gasteiger partial charge in [-0.3, -0.25) is 4.79 Å². The van der Waals surface area contributed by atoms with Crippen LogP contribution in [-0.4, -0.2) is 12.0 Å². The fraction of sp³-hybridized carbons (Fsp3) is 0.462. The van der Waals surface area contributed by atoms with Crippen LogP contribution >= 0.6 is 11.6 Å². The summed E-state index contributed by atoms with van der Waals surface area (Å²) >= 11 is 5.75. The molecule has 3 nitrogen and oxygen atoms in total. The molecule has 1 unspecified atom stereocenters. The van der Waals surface area contributed by atoms with Crippen LogP contribution in [0.5, 0.6) is 0 Å². The normalized spacial score (nSPS) is 12.5. The smallest absolute Gasteiger partial charge is 0.323 e. The molecule has 0 spiro atoms. The molecule has 1 rings (SSSR count). The number of esters is 1. The lowest BCUT2D eigenvalue weighted by molar-refractivity contribution is -0.146. The molecule has 0 saturated carbocycles. The van der Waals surface area contributed by atoms with Crippen molar-refractivity contribution in [1.82, 2.24) is 0 Å². The van der Waals surface area contributed by atoms with Crippen molar-refractivity contribution in [3.63, 3.8) is 0 Å². The maximum absolute atomic E-state index is 11.5. The Kier molecular flexibility index (Phi) is 5.45. The molecule has 0 radical (unpaired) electrons. The first kappa shape index (κ1) is 14.0. The Bertz CT molecular complexity index is 362. The minimum atomic E-state index is -0.540. The zero-order valence-electron chi connectivity index (χ0n) is 10.2. The number of halogens is 1. The van der Waals surface area contributed by atoms with Crippen LogP contribution in [0.15, 0.2) is 24.3 Å². The zero-order chi connectivity index (χ0) is 12.8. The Morgan fingerprint density at radius 2 is 1.94 bits per heavy atom. The first-order chi connectivity index (χ1) is 7.99. The molecule has 17 heavy (non-hydrogen) atoms. The molecule has 0 aliphatic rings. The maximum Gasteiger partial charge on any atom is 0.323 e. The fourth-order valence-corrected chi connectivity index (χ4v) is 1.57. The van der Waals surface area contributed by atoms with E-state index in [4.69, 9.17) is 22.1 Å². The van der Waals surface area contributed by atoms with Gasteiger partial charge in [-0.05, 0) is 30.0 Å². The van der Waals surface area contributed by atoms with Crippen molar-refractivity contribution in [2.24, 2.45) is 11.7 Å². The Morgan fingerprint density at radius 3 is 2.47 bits per heavy atom. The highest BCUT2D eigenvalue weighted by atomic mass is 35.5. The molecule has 0 aliphatic heterocycles. The van der Waals surface area contributed by atoms with Crippen LogP contribution in [-0.2, 0) is 16.1 Å². The molecule has 0 fully saturated rings. The van der Waals surface area contributed by atoms with Crippen molar-refractivity contribution in [1.29, 1.82) is 0 Å². The molecule has 0 bridgehead atoms. The van der Waals surface area contributed by atoms with Gasteiger partial charge in [0.25, 0.3) is 0 Å². The summed E-state index contributed by atoms with van der Waals surface area (Å²) in [6.07, 6.45) is 0.638. The van der Waals surface area contributed by atoms with Crippen molar-refractivity contribution < 1.29 is 9.53 Å². The molecule has 0 aliphatic carbocycles. The van der Waals surface area contributed by atoms with Gasteiger partial charge < -0.3 is 10.5 Å². The maximum atomic E-state index is 11.5. The largest absolute Gasteiger partial charge is 0.460 e. The van der Waals surface area contributed by atoms with E-state index in [0.29, 0.717) is 17.4 Å². The van der Waals surface area contributed by atoms with Crippen molar-refractivity contribution in [3.05, 3.63) is 34.9 Å². The second kappa shape index (κ2) is 6.62. The standard InChI is InChI=1S/C13H18ClNO2/c1-9(2)7-12(15)13(16)17-8-10-3-5-11(14)6-4-10/h3-6,9,12H,7-8,15H2,1-2H3. The second-order valence-corrected chi connectivity index (χ2v) is 4.91. The molecule has 94 valence electrons. The number of hydrogen-bond donors (Lipinski definition) is 1. The lowest BCUT2D eigenvalue weighted by Crippen LogP contribution is -2.33. The van der Waals surface area contributed by atoms with Gasteiger partial charge in [-0.25, -0.2) is 0 Å². The third-order valence-corrected chi connectivity index (χ3v) is 2.57. The third kappa shape index (κ3) is 5.20. The highest BCUT2D eigenvalue weighted by Gasteiger charge is 2.16. The van der Waals surface area contributed by atoms with Crippen molar-refractivity contribution in [3.8, 4) is 0 Å².